The Bertz CT molecular complexity index is 678. The van der Waals surface area contributed by atoms with Crippen molar-refractivity contribution in [3.05, 3.63) is 59.2 Å². The molecule has 2 N–H and O–H groups in total. The predicted molar refractivity (Wildman–Crippen MR) is 93.1 cm³/mol. The fourth-order valence-electron chi connectivity index (χ4n) is 3.69. The first-order valence-electron chi connectivity index (χ1n) is 7.87. The standard InChI is InChI=1S/C19H21ClO4/c1-13-8-9-15(17(21)22)19(10-5-11-20,16(13)18(23)24)12-14-6-3-2-4-7-14/h2-4,6-9,16H,5,10-12H2,1H3,(H,21,22)(H,23,24). The molecule has 1 aromatic rings. The molecule has 4 nitrogen and oxygen atoms in total. The summed E-state index contributed by atoms with van der Waals surface area (Å²) >= 11 is 5.85. The normalized spacial score (nSPS) is 23.3. The number of carbonyl (C=O) groups is 2. The zero-order valence-corrected chi connectivity index (χ0v) is 14.3. The lowest BCUT2D eigenvalue weighted by Crippen LogP contribution is -2.44. The molecule has 2 unspecified atom stereocenters. The number of halogens is 1. The van der Waals surface area contributed by atoms with E-state index in [0.717, 1.165) is 5.56 Å². The summed E-state index contributed by atoms with van der Waals surface area (Å²) < 4.78 is 0. The van der Waals surface area contributed by atoms with Gasteiger partial charge in [0.1, 0.15) is 0 Å². The lowest BCUT2D eigenvalue weighted by molar-refractivity contribution is -0.145. The van der Waals surface area contributed by atoms with Crippen molar-refractivity contribution in [1.82, 2.24) is 0 Å². The van der Waals surface area contributed by atoms with Gasteiger partial charge in [0.15, 0.2) is 0 Å². The highest BCUT2D eigenvalue weighted by Crippen LogP contribution is 2.49. The van der Waals surface area contributed by atoms with Crippen LogP contribution in [0.15, 0.2) is 53.6 Å². The SMILES string of the molecule is CC1=CC=C(C(=O)O)C(CCCCl)(Cc2ccccc2)C1C(=O)O. The number of alkyl halides is 1. The molecule has 0 heterocycles. The molecule has 0 aliphatic heterocycles. The number of carboxylic acid groups (broad SMARTS) is 2. The molecule has 1 aromatic carbocycles. The number of aliphatic carboxylic acids is 2. The number of allylic oxidation sites excluding steroid dienone is 2. The Morgan fingerprint density at radius 2 is 1.83 bits per heavy atom. The lowest BCUT2D eigenvalue weighted by atomic mass is 9.59. The average molecular weight is 349 g/mol. The highest BCUT2D eigenvalue weighted by atomic mass is 35.5. The first-order chi connectivity index (χ1) is 11.4. The van der Waals surface area contributed by atoms with Gasteiger partial charge in [0.25, 0.3) is 0 Å². The third kappa shape index (κ3) is 3.54. The fourth-order valence-corrected chi connectivity index (χ4v) is 3.82. The van der Waals surface area contributed by atoms with Crippen LogP contribution in [-0.4, -0.2) is 28.0 Å². The summed E-state index contributed by atoms with van der Waals surface area (Å²) in [6.07, 6.45) is 4.47. The van der Waals surface area contributed by atoms with Gasteiger partial charge in [0, 0.05) is 16.9 Å². The van der Waals surface area contributed by atoms with E-state index in [1.807, 2.05) is 30.3 Å². The molecule has 1 aliphatic carbocycles. The Balaban J connectivity index is 2.60. The van der Waals surface area contributed by atoms with E-state index in [-0.39, 0.29) is 5.57 Å². The van der Waals surface area contributed by atoms with Crippen molar-refractivity contribution in [3.8, 4) is 0 Å². The predicted octanol–water partition coefficient (Wildman–Crippen LogP) is 3.91. The van der Waals surface area contributed by atoms with Crippen LogP contribution in [0.4, 0.5) is 0 Å². The van der Waals surface area contributed by atoms with E-state index in [1.165, 1.54) is 0 Å². The molecule has 2 atom stereocenters. The van der Waals surface area contributed by atoms with Gasteiger partial charge in [-0.1, -0.05) is 48.1 Å². The summed E-state index contributed by atoms with van der Waals surface area (Å²) in [5, 5.41) is 19.5. The van der Waals surface area contributed by atoms with Crippen LogP contribution in [0.3, 0.4) is 0 Å². The molecule has 1 aliphatic rings. The van der Waals surface area contributed by atoms with E-state index in [1.54, 1.807) is 19.1 Å². The summed E-state index contributed by atoms with van der Waals surface area (Å²) in [6, 6.07) is 9.42. The summed E-state index contributed by atoms with van der Waals surface area (Å²) in [4.78, 5) is 23.9. The molecule has 128 valence electrons. The van der Waals surface area contributed by atoms with E-state index in [2.05, 4.69) is 0 Å². The molecule has 0 fully saturated rings. The third-order valence-electron chi connectivity index (χ3n) is 4.65. The number of hydrogen-bond acceptors (Lipinski definition) is 2. The minimum absolute atomic E-state index is 0.148. The molecule has 0 radical (unpaired) electrons. The van der Waals surface area contributed by atoms with Crippen LogP contribution in [0.5, 0.6) is 0 Å². The second-order valence-corrected chi connectivity index (χ2v) is 6.56. The summed E-state index contributed by atoms with van der Waals surface area (Å²) in [6.45, 7) is 1.74. The Kier molecular flexibility index (Phi) is 5.84. The van der Waals surface area contributed by atoms with Crippen molar-refractivity contribution in [2.45, 2.75) is 26.2 Å². The molecule has 2 rings (SSSR count). The topological polar surface area (TPSA) is 74.6 Å². The van der Waals surface area contributed by atoms with Gasteiger partial charge in [0.2, 0.25) is 0 Å². The van der Waals surface area contributed by atoms with E-state index in [4.69, 9.17) is 11.6 Å². The Morgan fingerprint density at radius 1 is 1.17 bits per heavy atom. The molecule has 0 amide bonds. The highest BCUT2D eigenvalue weighted by Gasteiger charge is 2.49. The smallest absolute Gasteiger partial charge is 0.332 e. The number of rotatable bonds is 7. The molecule has 0 saturated heterocycles. The quantitative estimate of drug-likeness (QED) is 0.733. The van der Waals surface area contributed by atoms with Crippen molar-refractivity contribution in [2.24, 2.45) is 11.3 Å². The molecular formula is C19H21ClO4. The second kappa shape index (κ2) is 7.67. The van der Waals surface area contributed by atoms with E-state index >= 15 is 0 Å². The van der Waals surface area contributed by atoms with Crippen LogP contribution >= 0.6 is 11.6 Å². The van der Waals surface area contributed by atoms with Gasteiger partial charge in [-0.05, 0) is 31.7 Å². The first-order valence-corrected chi connectivity index (χ1v) is 8.41. The maximum atomic E-state index is 12.0. The van der Waals surface area contributed by atoms with E-state index in [0.29, 0.717) is 30.7 Å². The second-order valence-electron chi connectivity index (χ2n) is 6.18. The monoisotopic (exact) mass is 348 g/mol. The molecule has 24 heavy (non-hydrogen) atoms. The highest BCUT2D eigenvalue weighted by molar-refractivity contribution is 6.17. The van der Waals surface area contributed by atoms with Gasteiger partial charge >= 0.3 is 11.9 Å². The molecule has 0 bridgehead atoms. The van der Waals surface area contributed by atoms with Crippen LogP contribution in [0, 0.1) is 11.3 Å². The summed E-state index contributed by atoms with van der Waals surface area (Å²) in [7, 11) is 0. The Hall–Kier alpha value is -2.07. The number of benzene rings is 1. The van der Waals surface area contributed by atoms with Crippen molar-refractivity contribution in [1.29, 1.82) is 0 Å². The van der Waals surface area contributed by atoms with Crippen LogP contribution in [0.25, 0.3) is 0 Å². The largest absolute Gasteiger partial charge is 0.481 e. The number of carboxylic acids is 2. The summed E-state index contributed by atoms with van der Waals surface area (Å²) in [5.41, 5.74) is 0.722. The number of hydrogen-bond donors (Lipinski definition) is 2. The minimum Gasteiger partial charge on any atom is -0.481 e. The maximum absolute atomic E-state index is 12.0. The first kappa shape index (κ1) is 18.3. The molecule has 0 saturated carbocycles. The fraction of sp³-hybridized carbons (Fsp3) is 0.368. The van der Waals surface area contributed by atoms with Crippen LogP contribution < -0.4 is 0 Å². The lowest BCUT2D eigenvalue weighted by Gasteiger charge is -2.42. The maximum Gasteiger partial charge on any atom is 0.332 e. The van der Waals surface area contributed by atoms with Crippen molar-refractivity contribution in [2.75, 3.05) is 5.88 Å². The van der Waals surface area contributed by atoms with Gasteiger partial charge in [-0.3, -0.25) is 4.79 Å². The molecule has 5 heteroatoms. The zero-order chi connectivity index (χ0) is 17.7. The Labute approximate surface area is 146 Å². The van der Waals surface area contributed by atoms with Crippen molar-refractivity contribution < 1.29 is 19.8 Å². The van der Waals surface area contributed by atoms with Gasteiger partial charge < -0.3 is 10.2 Å². The van der Waals surface area contributed by atoms with Gasteiger partial charge in [-0.15, -0.1) is 11.6 Å². The summed E-state index contributed by atoms with van der Waals surface area (Å²) in [5.74, 6) is -2.59. The van der Waals surface area contributed by atoms with Crippen molar-refractivity contribution in [3.63, 3.8) is 0 Å². The average Bonchev–Trinajstić information content (AvgIpc) is 2.53. The molecular weight excluding hydrogens is 328 g/mol. The Morgan fingerprint density at radius 3 is 2.38 bits per heavy atom. The van der Waals surface area contributed by atoms with Gasteiger partial charge in [-0.2, -0.15) is 0 Å². The molecule has 0 aromatic heterocycles. The zero-order valence-electron chi connectivity index (χ0n) is 13.5. The van der Waals surface area contributed by atoms with Gasteiger partial charge in [0.05, 0.1) is 5.92 Å². The van der Waals surface area contributed by atoms with Gasteiger partial charge in [-0.25, -0.2) is 4.79 Å². The van der Waals surface area contributed by atoms with E-state index in [9.17, 15) is 19.8 Å². The van der Waals surface area contributed by atoms with Crippen molar-refractivity contribution >= 4 is 23.5 Å². The van der Waals surface area contributed by atoms with E-state index < -0.39 is 23.3 Å². The van der Waals surface area contributed by atoms with Crippen LogP contribution in [-0.2, 0) is 16.0 Å². The van der Waals surface area contributed by atoms with Crippen LogP contribution in [0.2, 0.25) is 0 Å². The third-order valence-corrected chi connectivity index (χ3v) is 4.92. The molecule has 0 spiro atoms. The minimum atomic E-state index is -1.07. The van der Waals surface area contributed by atoms with Crippen LogP contribution in [0.1, 0.15) is 25.3 Å².